The first kappa shape index (κ1) is 54.1. The van der Waals surface area contributed by atoms with Gasteiger partial charge in [0.25, 0.3) is 5.91 Å². The van der Waals surface area contributed by atoms with Gasteiger partial charge in [0.1, 0.15) is 59.6 Å². The van der Waals surface area contributed by atoms with Crippen LogP contribution in [0.1, 0.15) is 85.3 Å². The van der Waals surface area contributed by atoms with Crippen LogP contribution >= 0.6 is 0 Å². The topological polar surface area (TPSA) is 297 Å². The highest BCUT2D eigenvalue weighted by Gasteiger charge is 2.38. The molecule has 3 rings (SSSR count). The third kappa shape index (κ3) is 16.9. The summed E-state index contributed by atoms with van der Waals surface area (Å²) in [5, 5.41) is 37.5. The Kier molecular flexibility index (Phi) is 21.0. The summed E-state index contributed by atoms with van der Waals surface area (Å²) in [4.78, 5) is 123. The number of allylic oxidation sites excluding steroid dienone is 2. The van der Waals surface area contributed by atoms with Crippen LogP contribution < -0.4 is 37.2 Å². The van der Waals surface area contributed by atoms with Gasteiger partial charge in [-0.1, -0.05) is 50.3 Å². The van der Waals surface area contributed by atoms with Gasteiger partial charge in [0.15, 0.2) is 0 Å². The minimum absolute atomic E-state index is 0.0457. The van der Waals surface area contributed by atoms with Gasteiger partial charge in [-0.3, -0.25) is 38.4 Å². The maximum atomic E-state index is 14.4. The number of methoxy groups -OCH3 is 1. The molecule has 0 radical (unpaired) electrons. The first-order valence-electron chi connectivity index (χ1n) is 21.9. The second kappa shape index (κ2) is 26.0. The van der Waals surface area contributed by atoms with Gasteiger partial charge in [-0.25, -0.2) is 4.79 Å². The molecule has 1 aliphatic heterocycles. The monoisotopic (exact) mass is 933 g/mol. The van der Waals surface area contributed by atoms with Crippen LogP contribution in [0.2, 0.25) is 0 Å². The standard InChI is InChI=1S/C47H63N7O13/c1-9-26(5)40(58)53-38(25(3)4)45(63)52-36(24-30-16-20-32(56)21-17-30)44(62)54-39-28(7)67-47(65)35(13-11-12-29-14-18-31(55)19-15-29)51-43(61)34(22-23-37(57)66-8)50-42(60)33(10-2)49-41(59)27(6)48-46(39)64/h9-10,14-21,25,27-28,34-36,38-39,55-56H,11-13,22-24H2,1-8H3,(H,48,64)(H,49,59)(H,50,60)(H,51,61)(H,52,63)(H,53,58)(H,54,62). The molecule has 364 valence electrons. The maximum Gasteiger partial charge on any atom is 0.328 e. The summed E-state index contributed by atoms with van der Waals surface area (Å²) in [6.07, 6.45) is 1.12. The molecule has 1 saturated heterocycles. The summed E-state index contributed by atoms with van der Waals surface area (Å²) in [6.45, 7) is 10.6. The molecule has 7 atom stereocenters. The fourth-order valence-corrected chi connectivity index (χ4v) is 6.68. The SMILES string of the molecule is CC=C(C)C(=O)NC(C(=O)NC(Cc1ccc(O)cc1)C(=O)NC1C(=O)NC(C)C(=O)NC(=CC)C(=O)NC(CCC(=O)OC)C(=O)NC(CCCc2ccc(O)cc2)C(=O)OC1C)C(C)C. The molecule has 7 unspecified atom stereocenters. The molecule has 67 heavy (non-hydrogen) atoms. The Bertz CT molecular complexity index is 2170. The Morgan fingerprint density at radius 1 is 0.791 bits per heavy atom. The fraction of sp³-hybridized carbons (Fsp3) is 0.468. The molecular formula is C47H63N7O13. The second-order valence-corrected chi connectivity index (χ2v) is 16.4. The van der Waals surface area contributed by atoms with Gasteiger partial charge in [-0.15, -0.1) is 0 Å². The highest BCUT2D eigenvalue weighted by Crippen LogP contribution is 2.17. The van der Waals surface area contributed by atoms with E-state index in [-0.39, 0.29) is 49.3 Å². The summed E-state index contributed by atoms with van der Waals surface area (Å²) in [5.74, 6) is -8.17. The highest BCUT2D eigenvalue weighted by atomic mass is 16.5. The van der Waals surface area contributed by atoms with Gasteiger partial charge < -0.3 is 56.9 Å². The van der Waals surface area contributed by atoms with E-state index in [9.17, 15) is 53.4 Å². The second-order valence-electron chi connectivity index (χ2n) is 16.4. The van der Waals surface area contributed by atoms with Crippen molar-refractivity contribution in [3.63, 3.8) is 0 Å². The van der Waals surface area contributed by atoms with E-state index < -0.39 is 102 Å². The molecule has 0 spiro atoms. The van der Waals surface area contributed by atoms with Crippen LogP contribution in [0.4, 0.5) is 0 Å². The number of cyclic esters (lactones) is 1. The summed E-state index contributed by atoms with van der Waals surface area (Å²) >= 11 is 0. The molecule has 20 heteroatoms. The van der Waals surface area contributed by atoms with Crippen molar-refractivity contribution in [2.24, 2.45) is 5.92 Å². The molecule has 2 aromatic carbocycles. The first-order valence-corrected chi connectivity index (χ1v) is 21.9. The van der Waals surface area contributed by atoms with Crippen molar-refractivity contribution in [1.82, 2.24) is 37.2 Å². The smallest absolute Gasteiger partial charge is 0.328 e. The van der Waals surface area contributed by atoms with Crippen LogP contribution in [-0.4, -0.2) is 113 Å². The number of amides is 7. The predicted octanol–water partition coefficient (Wildman–Crippen LogP) is 1.13. The van der Waals surface area contributed by atoms with Gasteiger partial charge in [0.05, 0.1) is 7.11 Å². The van der Waals surface area contributed by atoms with Crippen molar-refractivity contribution in [2.75, 3.05) is 7.11 Å². The van der Waals surface area contributed by atoms with Gasteiger partial charge in [-0.2, -0.15) is 0 Å². The van der Waals surface area contributed by atoms with E-state index in [1.807, 2.05) is 0 Å². The number of rotatable bonds is 16. The number of nitrogens with one attached hydrogen (secondary N) is 7. The molecule has 20 nitrogen and oxygen atoms in total. The molecule has 1 fully saturated rings. The average molecular weight is 934 g/mol. The first-order chi connectivity index (χ1) is 31.7. The molecule has 0 bridgehead atoms. The van der Waals surface area contributed by atoms with Crippen molar-refractivity contribution in [3.8, 4) is 11.5 Å². The molecule has 1 heterocycles. The number of aromatic hydroxyl groups is 2. The number of aryl methyl sites for hydroxylation is 1. The molecule has 7 amide bonds. The van der Waals surface area contributed by atoms with Crippen LogP contribution in [0.25, 0.3) is 0 Å². The van der Waals surface area contributed by atoms with Crippen LogP contribution in [-0.2, 0) is 65.5 Å². The average Bonchev–Trinajstić information content (AvgIpc) is 3.29. The molecule has 0 aromatic heterocycles. The summed E-state index contributed by atoms with van der Waals surface area (Å²) in [7, 11) is 1.15. The third-order valence-electron chi connectivity index (χ3n) is 10.9. The van der Waals surface area contributed by atoms with Crippen LogP contribution in [0.3, 0.4) is 0 Å². The fourth-order valence-electron chi connectivity index (χ4n) is 6.68. The van der Waals surface area contributed by atoms with Crippen molar-refractivity contribution in [2.45, 2.75) is 129 Å². The lowest BCUT2D eigenvalue weighted by Gasteiger charge is -2.30. The molecule has 0 aliphatic carbocycles. The van der Waals surface area contributed by atoms with Crippen molar-refractivity contribution < 1.29 is 62.8 Å². The van der Waals surface area contributed by atoms with Crippen LogP contribution in [0.15, 0.2) is 72.0 Å². The normalized spacial score (nSPS) is 21.4. The quantitative estimate of drug-likeness (QED) is 0.0844. The number of phenolic OH excluding ortho intramolecular Hbond substituents is 2. The number of benzene rings is 2. The minimum Gasteiger partial charge on any atom is -0.508 e. The van der Waals surface area contributed by atoms with Crippen LogP contribution in [0.5, 0.6) is 11.5 Å². The van der Waals surface area contributed by atoms with E-state index in [0.29, 0.717) is 17.6 Å². The summed E-state index contributed by atoms with van der Waals surface area (Å²) < 4.78 is 10.5. The number of hydrogen-bond acceptors (Lipinski definition) is 13. The van der Waals surface area contributed by atoms with E-state index >= 15 is 0 Å². The van der Waals surface area contributed by atoms with Gasteiger partial charge in [0, 0.05) is 18.4 Å². The number of phenols is 2. The Morgan fingerprint density at radius 3 is 1.97 bits per heavy atom. The van der Waals surface area contributed by atoms with E-state index in [1.54, 1.807) is 45.9 Å². The van der Waals surface area contributed by atoms with E-state index in [1.165, 1.54) is 63.2 Å². The van der Waals surface area contributed by atoms with E-state index in [2.05, 4.69) is 37.2 Å². The Hall–Kier alpha value is -7.25. The number of hydrogen-bond donors (Lipinski definition) is 9. The van der Waals surface area contributed by atoms with Gasteiger partial charge >= 0.3 is 11.9 Å². The predicted molar refractivity (Wildman–Crippen MR) is 243 cm³/mol. The Labute approximate surface area is 389 Å². The minimum atomic E-state index is -1.76. The number of ether oxygens (including phenoxy) is 2. The lowest BCUT2D eigenvalue weighted by atomic mass is 10.00. The molecule has 0 saturated carbocycles. The van der Waals surface area contributed by atoms with Gasteiger partial charge in [-0.05, 0) is 102 Å². The zero-order valence-electron chi connectivity index (χ0n) is 39.0. The highest BCUT2D eigenvalue weighted by molar-refractivity contribution is 6.02. The number of carbonyl (C=O) groups excluding carboxylic acids is 9. The zero-order valence-corrected chi connectivity index (χ0v) is 39.0. The molecule has 9 N–H and O–H groups in total. The zero-order chi connectivity index (χ0) is 50.0. The Morgan fingerprint density at radius 2 is 1.40 bits per heavy atom. The van der Waals surface area contributed by atoms with E-state index in [0.717, 1.165) is 12.7 Å². The molecule has 2 aromatic rings. The van der Waals surface area contributed by atoms with Gasteiger partial charge in [0.2, 0.25) is 35.4 Å². The van der Waals surface area contributed by atoms with Crippen LogP contribution in [0, 0.1) is 5.92 Å². The third-order valence-corrected chi connectivity index (χ3v) is 10.9. The summed E-state index contributed by atoms with van der Waals surface area (Å²) in [5.41, 5.74) is 1.29. The van der Waals surface area contributed by atoms with E-state index in [4.69, 9.17) is 9.47 Å². The summed E-state index contributed by atoms with van der Waals surface area (Å²) in [6, 6.07) is 3.53. The van der Waals surface area contributed by atoms with Crippen molar-refractivity contribution in [1.29, 1.82) is 0 Å². The molecular weight excluding hydrogens is 871 g/mol. The largest absolute Gasteiger partial charge is 0.508 e. The Balaban J connectivity index is 2.08. The lowest BCUT2D eigenvalue weighted by Crippen LogP contribution is -2.62. The van der Waals surface area contributed by atoms with Crippen molar-refractivity contribution in [3.05, 3.63) is 83.1 Å². The van der Waals surface area contributed by atoms with Crippen molar-refractivity contribution >= 4 is 53.3 Å². The maximum absolute atomic E-state index is 14.4. The number of esters is 2. The number of carbonyl (C=O) groups is 9. The molecule has 1 aliphatic rings. The lowest BCUT2D eigenvalue weighted by molar-refractivity contribution is -0.156.